The molecule has 1 fully saturated rings. The third-order valence-electron chi connectivity index (χ3n) is 4.27. The van der Waals surface area contributed by atoms with Crippen LogP contribution in [0.2, 0.25) is 0 Å². The van der Waals surface area contributed by atoms with E-state index in [9.17, 15) is 0 Å². The number of nitrogens with zero attached hydrogens (tertiary/aromatic N) is 2. The number of aromatic nitrogens is 2. The summed E-state index contributed by atoms with van der Waals surface area (Å²) in [6.45, 7) is 9.77. The van der Waals surface area contributed by atoms with E-state index in [0.29, 0.717) is 24.2 Å². The number of hydrogen-bond acceptors (Lipinski definition) is 5. The Hall–Kier alpha value is -0.940. The zero-order chi connectivity index (χ0) is 15.3. The fourth-order valence-corrected chi connectivity index (χ4v) is 3.16. The maximum atomic E-state index is 5.95. The van der Waals surface area contributed by atoms with Crippen LogP contribution in [0, 0.1) is 5.92 Å². The van der Waals surface area contributed by atoms with Crippen LogP contribution in [0.15, 0.2) is 4.52 Å². The molecule has 1 N–H and O–H groups in total. The zero-order valence-electron chi connectivity index (χ0n) is 13.8. The molecule has 0 aromatic carbocycles. The SMILES string of the molecule is CCNC(C)(C)c1nc(C(OCC)C2CCCCC2)no1. The first-order valence-electron chi connectivity index (χ1n) is 8.29. The van der Waals surface area contributed by atoms with Crippen molar-refractivity contribution in [2.24, 2.45) is 5.92 Å². The first-order chi connectivity index (χ1) is 10.1. The predicted octanol–water partition coefficient (Wildman–Crippen LogP) is 3.57. The molecule has 1 unspecified atom stereocenters. The number of nitrogens with one attached hydrogen (secondary N) is 1. The Bertz CT molecular complexity index is 425. The second kappa shape index (κ2) is 7.36. The summed E-state index contributed by atoms with van der Waals surface area (Å²) in [4.78, 5) is 4.63. The lowest BCUT2D eigenvalue weighted by Crippen LogP contribution is -2.36. The van der Waals surface area contributed by atoms with Crippen LogP contribution in [0.1, 0.15) is 77.6 Å². The lowest BCUT2D eigenvalue weighted by Gasteiger charge is -2.27. The third-order valence-corrected chi connectivity index (χ3v) is 4.27. The summed E-state index contributed by atoms with van der Waals surface area (Å²) < 4.78 is 11.4. The van der Waals surface area contributed by atoms with Gasteiger partial charge in [0, 0.05) is 6.61 Å². The van der Waals surface area contributed by atoms with Gasteiger partial charge in [0.1, 0.15) is 6.10 Å². The molecule has 0 saturated heterocycles. The molecule has 0 radical (unpaired) electrons. The third kappa shape index (κ3) is 4.04. The maximum absolute atomic E-state index is 5.95. The molecule has 1 aromatic heterocycles. The van der Waals surface area contributed by atoms with Crippen molar-refractivity contribution in [3.8, 4) is 0 Å². The van der Waals surface area contributed by atoms with E-state index >= 15 is 0 Å². The van der Waals surface area contributed by atoms with Gasteiger partial charge in [0.15, 0.2) is 0 Å². The van der Waals surface area contributed by atoms with E-state index in [1.165, 1.54) is 32.1 Å². The Kier molecular flexibility index (Phi) is 5.76. The Morgan fingerprint density at radius 3 is 2.62 bits per heavy atom. The quantitative estimate of drug-likeness (QED) is 0.833. The van der Waals surface area contributed by atoms with Crippen LogP contribution in [-0.2, 0) is 10.3 Å². The van der Waals surface area contributed by atoms with Gasteiger partial charge in [-0.3, -0.25) is 0 Å². The molecule has 5 nitrogen and oxygen atoms in total. The molecule has 1 aliphatic carbocycles. The summed E-state index contributed by atoms with van der Waals surface area (Å²) in [6.07, 6.45) is 6.27. The highest BCUT2D eigenvalue weighted by atomic mass is 16.5. The van der Waals surface area contributed by atoms with Gasteiger partial charge in [0.05, 0.1) is 5.54 Å². The van der Waals surface area contributed by atoms with E-state index in [2.05, 4.69) is 36.2 Å². The van der Waals surface area contributed by atoms with E-state index in [4.69, 9.17) is 9.26 Å². The van der Waals surface area contributed by atoms with Crippen LogP contribution in [-0.4, -0.2) is 23.3 Å². The summed E-state index contributed by atoms with van der Waals surface area (Å²) in [7, 11) is 0. The first-order valence-corrected chi connectivity index (χ1v) is 8.29. The van der Waals surface area contributed by atoms with Crippen molar-refractivity contribution >= 4 is 0 Å². The van der Waals surface area contributed by atoms with Gasteiger partial charge in [-0.15, -0.1) is 0 Å². The molecule has 1 atom stereocenters. The molecule has 0 spiro atoms. The molecule has 0 amide bonds. The number of hydrogen-bond donors (Lipinski definition) is 1. The van der Waals surface area contributed by atoms with E-state index in [1.807, 2.05) is 6.92 Å². The highest BCUT2D eigenvalue weighted by Gasteiger charge is 2.32. The molecule has 120 valence electrons. The first kappa shape index (κ1) is 16.4. The van der Waals surface area contributed by atoms with Gasteiger partial charge < -0.3 is 14.6 Å². The van der Waals surface area contributed by atoms with Gasteiger partial charge in [-0.2, -0.15) is 4.98 Å². The second-order valence-corrected chi connectivity index (χ2v) is 6.39. The molecule has 1 saturated carbocycles. The lowest BCUT2D eigenvalue weighted by molar-refractivity contribution is -0.00145. The highest BCUT2D eigenvalue weighted by Crippen LogP contribution is 2.36. The standard InChI is InChI=1S/C16H29N3O2/c1-5-17-16(3,4)15-18-14(19-21-15)13(20-6-2)12-10-8-7-9-11-12/h12-13,17H,5-11H2,1-4H3. The van der Waals surface area contributed by atoms with Gasteiger partial charge in [0.2, 0.25) is 11.7 Å². The van der Waals surface area contributed by atoms with E-state index in [-0.39, 0.29) is 11.6 Å². The van der Waals surface area contributed by atoms with Crippen LogP contribution in [0.25, 0.3) is 0 Å². The summed E-state index contributed by atoms with van der Waals surface area (Å²) in [5, 5.41) is 7.57. The van der Waals surface area contributed by atoms with Crippen molar-refractivity contribution in [3.05, 3.63) is 11.7 Å². The Balaban J connectivity index is 2.15. The van der Waals surface area contributed by atoms with E-state index < -0.39 is 0 Å². The monoisotopic (exact) mass is 295 g/mol. The van der Waals surface area contributed by atoms with Crippen molar-refractivity contribution < 1.29 is 9.26 Å². The zero-order valence-corrected chi connectivity index (χ0v) is 13.8. The largest absolute Gasteiger partial charge is 0.370 e. The minimum absolute atomic E-state index is 0.0229. The minimum Gasteiger partial charge on any atom is -0.370 e. The van der Waals surface area contributed by atoms with E-state index in [1.54, 1.807) is 0 Å². The fraction of sp³-hybridized carbons (Fsp3) is 0.875. The molecule has 0 aliphatic heterocycles. The topological polar surface area (TPSA) is 60.2 Å². The van der Waals surface area contributed by atoms with Crippen molar-refractivity contribution in [2.75, 3.05) is 13.2 Å². The molecule has 21 heavy (non-hydrogen) atoms. The van der Waals surface area contributed by atoms with Crippen molar-refractivity contribution in [1.29, 1.82) is 0 Å². The molecule has 0 bridgehead atoms. The summed E-state index contributed by atoms with van der Waals surface area (Å²) >= 11 is 0. The van der Waals surface area contributed by atoms with Gasteiger partial charge in [0.25, 0.3) is 0 Å². The fourth-order valence-electron chi connectivity index (χ4n) is 3.16. The van der Waals surface area contributed by atoms with Gasteiger partial charge in [-0.25, -0.2) is 0 Å². The lowest BCUT2D eigenvalue weighted by atomic mass is 9.85. The van der Waals surface area contributed by atoms with Gasteiger partial charge in [-0.1, -0.05) is 31.3 Å². The Labute approximate surface area is 127 Å². The average molecular weight is 295 g/mol. The molecule has 1 aromatic rings. The molecular formula is C16H29N3O2. The smallest absolute Gasteiger partial charge is 0.246 e. The van der Waals surface area contributed by atoms with Crippen LogP contribution in [0.5, 0.6) is 0 Å². The van der Waals surface area contributed by atoms with E-state index in [0.717, 1.165) is 6.54 Å². The molecule has 1 aliphatic rings. The Morgan fingerprint density at radius 1 is 1.29 bits per heavy atom. The molecular weight excluding hydrogens is 266 g/mol. The van der Waals surface area contributed by atoms with Crippen molar-refractivity contribution in [2.45, 2.75) is 71.4 Å². The molecule has 5 heteroatoms. The van der Waals surface area contributed by atoms with Crippen LogP contribution in [0.4, 0.5) is 0 Å². The van der Waals surface area contributed by atoms with Crippen LogP contribution in [0.3, 0.4) is 0 Å². The summed E-state index contributed by atoms with van der Waals surface area (Å²) in [6, 6.07) is 0. The van der Waals surface area contributed by atoms with Crippen molar-refractivity contribution in [1.82, 2.24) is 15.5 Å². The summed E-state index contributed by atoms with van der Waals surface area (Å²) in [5.74, 6) is 1.87. The summed E-state index contributed by atoms with van der Waals surface area (Å²) in [5.41, 5.74) is -0.302. The van der Waals surface area contributed by atoms with Gasteiger partial charge >= 0.3 is 0 Å². The highest BCUT2D eigenvalue weighted by molar-refractivity contribution is 5.02. The van der Waals surface area contributed by atoms with Crippen molar-refractivity contribution in [3.63, 3.8) is 0 Å². The van der Waals surface area contributed by atoms with Crippen LogP contribution >= 0.6 is 0 Å². The van der Waals surface area contributed by atoms with Crippen LogP contribution < -0.4 is 5.32 Å². The number of rotatable bonds is 7. The predicted molar refractivity (Wildman–Crippen MR) is 81.9 cm³/mol. The number of ether oxygens (including phenoxy) is 1. The normalized spacial score (nSPS) is 18.9. The molecule has 1 heterocycles. The minimum atomic E-state index is -0.302. The average Bonchev–Trinajstić information content (AvgIpc) is 2.96. The maximum Gasteiger partial charge on any atom is 0.246 e. The Morgan fingerprint density at radius 2 is 2.00 bits per heavy atom. The van der Waals surface area contributed by atoms with Gasteiger partial charge in [-0.05, 0) is 46.1 Å². The molecule has 2 rings (SSSR count). The second-order valence-electron chi connectivity index (χ2n) is 6.39.